The fourth-order valence-corrected chi connectivity index (χ4v) is 18.0. The van der Waals surface area contributed by atoms with Crippen molar-refractivity contribution in [2.75, 3.05) is 13.7 Å². The summed E-state index contributed by atoms with van der Waals surface area (Å²) in [6.07, 6.45) is -3.33. The molecule has 1 N–H and O–H groups in total. The molecule has 4 aromatic carbocycles. The van der Waals surface area contributed by atoms with Crippen molar-refractivity contribution in [3.8, 4) is 0 Å². The van der Waals surface area contributed by atoms with Gasteiger partial charge in [0, 0.05) is 5.56 Å². The maximum absolute atomic E-state index is 14.4. The van der Waals surface area contributed by atoms with Crippen LogP contribution in [0, 0.1) is 56.7 Å². The van der Waals surface area contributed by atoms with Crippen LogP contribution in [0.1, 0.15) is 156 Å². The molecular formula is C71H86O15. The van der Waals surface area contributed by atoms with Gasteiger partial charge < -0.3 is 52.5 Å². The van der Waals surface area contributed by atoms with Crippen LogP contribution in [0.2, 0.25) is 0 Å². The van der Waals surface area contributed by atoms with Gasteiger partial charge >= 0.3 is 23.9 Å². The molecule has 4 saturated carbocycles. The first-order valence-corrected chi connectivity index (χ1v) is 31.4. The number of carbonyl (C=O) groups is 4. The fraction of sp³-hybridized carbons (Fsp3) is 0.577. The van der Waals surface area contributed by atoms with Crippen LogP contribution >= 0.6 is 0 Å². The lowest BCUT2D eigenvalue weighted by Gasteiger charge is -2.71. The number of aliphatic hydroxyl groups excluding tert-OH is 1. The maximum Gasteiger partial charge on any atom is 0.338 e. The molecule has 5 aliphatic carbocycles. The molecule has 3 heterocycles. The zero-order valence-corrected chi connectivity index (χ0v) is 51.2. The molecule has 15 nitrogen and oxygen atoms in total. The Bertz CT molecular complexity index is 3120. The predicted octanol–water partition coefficient (Wildman–Crippen LogP) is 12.2. The molecule has 15 heteroatoms. The summed E-state index contributed by atoms with van der Waals surface area (Å²) < 4.78 is 65.7. The van der Waals surface area contributed by atoms with E-state index in [-0.39, 0.29) is 63.5 Å². The Labute approximate surface area is 506 Å². The summed E-state index contributed by atoms with van der Waals surface area (Å²) in [5.41, 5.74) is 1.82. The molecule has 8 aliphatic rings. The lowest BCUT2D eigenvalue weighted by atomic mass is 9.33. The van der Waals surface area contributed by atoms with Gasteiger partial charge in [-0.3, -0.25) is 4.79 Å². The highest BCUT2D eigenvalue weighted by atomic mass is 16.8. The second-order valence-electron chi connectivity index (χ2n) is 27.5. The van der Waals surface area contributed by atoms with E-state index in [1.807, 2.05) is 30.3 Å². The SMILES string of the molecule is COC(=O)[C@]12CC[C@@H](C)[C@H](C)[C@H]1C1=CC[C@@H]3[C@@]4(C)CC[C@H](O[C@@H]5O[C@@H]6COC(c7ccccc7)O[C@H]6[C@H](O[C@@H]6O[C@@H](C)[C@H](OC(=O)c7ccccc7)[C@@H](OC(=O)c7ccccc7)[C@H]6OC(=O)c6ccccc6)[C@H]5O)C(C)(C)[C@@H]4CC[C@@]3(C)[C@]1(C)CC2. The molecule has 0 aromatic heterocycles. The Kier molecular flexibility index (Phi) is 16.6. The van der Waals surface area contributed by atoms with Crippen molar-refractivity contribution in [1.82, 2.24) is 0 Å². The summed E-state index contributed by atoms with van der Waals surface area (Å²) in [4.78, 5) is 56.6. The molecule has 3 aliphatic heterocycles. The third-order valence-electron chi connectivity index (χ3n) is 23.0. The molecule has 1 unspecified atom stereocenters. The molecule has 460 valence electrons. The average molecular weight is 1180 g/mol. The van der Waals surface area contributed by atoms with Gasteiger partial charge in [0.1, 0.15) is 24.4 Å². The molecule has 12 rings (SSSR count). The van der Waals surface area contributed by atoms with Crippen molar-refractivity contribution in [2.24, 2.45) is 56.7 Å². The van der Waals surface area contributed by atoms with Crippen molar-refractivity contribution in [1.29, 1.82) is 0 Å². The van der Waals surface area contributed by atoms with Crippen molar-refractivity contribution in [2.45, 2.75) is 187 Å². The van der Waals surface area contributed by atoms with Crippen LogP contribution in [0.15, 0.2) is 133 Å². The summed E-state index contributed by atoms with van der Waals surface area (Å²) in [6.45, 7) is 18.7. The fourth-order valence-electron chi connectivity index (χ4n) is 18.0. The molecule has 86 heavy (non-hydrogen) atoms. The second kappa shape index (κ2) is 23.6. The molecule has 0 spiro atoms. The number of methoxy groups -OCH3 is 1. The smallest absolute Gasteiger partial charge is 0.338 e. The second-order valence-corrected chi connectivity index (χ2v) is 27.5. The number of hydrogen-bond donors (Lipinski definition) is 1. The minimum atomic E-state index is -1.60. The van der Waals surface area contributed by atoms with Crippen molar-refractivity contribution >= 4 is 23.9 Å². The number of fused-ring (bicyclic) bond motifs is 8. The number of rotatable bonds is 12. The van der Waals surface area contributed by atoms with E-state index in [1.165, 1.54) is 5.57 Å². The lowest BCUT2D eigenvalue weighted by Crippen LogP contribution is -2.68. The van der Waals surface area contributed by atoms with E-state index >= 15 is 0 Å². The molecule has 4 aromatic rings. The first-order chi connectivity index (χ1) is 41.2. The van der Waals surface area contributed by atoms with Gasteiger partial charge in [-0.25, -0.2) is 14.4 Å². The van der Waals surface area contributed by atoms with E-state index in [0.717, 1.165) is 56.9 Å². The normalized spacial score (nSPS) is 40.5. The maximum atomic E-state index is 14.4. The van der Waals surface area contributed by atoms with Gasteiger partial charge in [-0.1, -0.05) is 145 Å². The number of carbonyl (C=O) groups excluding carboxylic acids is 4. The molecule has 7 fully saturated rings. The van der Waals surface area contributed by atoms with E-state index in [1.54, 1.807) is 105 Å². The van der Waals surface area contributed by atoms with E-state index in [4.69, 9.17) is 47.4 Å². The number of ether oxygens (including phenoxy) is 10. The van der Waals surface area contributed by atoms with Crippen molar-refractivity contribution in [3.63, 3.8) is 0 Å². The Morgan fingerprint density at radius 1 is 0.581 bits per heavy atom. The number of hydrogen-bond acceptors (Lipinski definition) is 15. The van der Waals surface area contributed by atoms with E-state index < -0.39 is 96.4 Å². The predicted molar refractivity (Wildman–Crippen MR) is 317 cm³/mol. The third kappa shape index (κ3) is 10.4. The first-order valence-electron chi connectivity index (χ1n) is 31.4. The average Bonchev–Trinajstić information content (AvgIpc) is 0.698. The number of esters is 4. The number of benzene rings is 4. The van der Waals surface area contributed by atoms with E-state index in [2.05, 4.69) is 54.5 Å². The van der Waals surface area contributed by atoms with Gasteiger partial charge in [-0.15, -0.1) is 0 Å². The van der Waals surface area contributed by atoms with Crippen molar-refractivity contribution in [3.05, 3.63) is 155 Å². The Morgan fingerprint density at radius 2 is 1.16 bits per heavy atom. The molecule has 3 saturated heterocycles. The molecule has 0 amide bonds. The summed E-state index contributed by atoms with van der Waals surface area (Å²) in [7, 11) is 1.56. The van der Waals surface area contributed by atoms with Crippen LogP contribution in [-0.4, -0.2) is 110 Å². The lowest BCUT2D eigenvalue weighted by molar-refractivity contribution is -0.398. The quantitative estimate of drug-likeness (QED) is 0.0612. The van der Waals surface area contributed by atoms with Gasteiger partial charge in [-0.05, 0) is 152 Å². The van der Waals surface area contributed by atoms with Gasteiger partial charge in [-0.2, -0.15) is 0 Å². The summed E-state index contributed by atoms with van der Waals surface area (Å²) in [5, 5.41) is 13.1. The molecule has 21 atom stereocenters. The Morgan fingerprint density at radius 3 is 1.77 bits per heavy atom. The van der Waals surface area contributed by atoms with Crippen LogP contribution in [0.4, 0.5) is 0 Å². The van der Waals surface area contributed by atoms with Crippen LogP contribution < -0.4 is 0 Å². The summed E-state index contributed by atoms with van der Waals surface area (Å²) in [6, 6.07) is 34.5. The van der Waals surface area contributed by atoms with Crippen LogP contribution in [-0.2, 0) is 52.2 Å². The topological polar surface area (TPSA) is 181 Å². The van der Waals surface area contributed by atoms with Crippen LogP contribution in [0.25, 0.3) is 0 Å². The monoisotopic (exact) mass is 1180 g/mol. The van der Waals surface area contributed by atoms with E-state index in [0.29, 0.717) is 24.2 Å². The molecule has 0 radical (unpaired) electrons. The largest absolute Gasteiger partial charge is 0.469 e. The van der Waals surface area contributed by atoms with Gasteiger partial charge in [0.25, 0.3) is 0 Å². The highest BCUT2D eigenvalue weighted by molar-refractivity contribution is 5.91. The number of allylic oxidation sites excluding steroid dienone is 2. The first kappa shape index (κ1) is 60.5. The molecular weight excluding hydrogens is 1090 g/mol. The zero-order valence-electron chi connectivity index (χ0n) is 51.2. The highest BCUT2D eigenvalue weighted by Gasteiger charge is 2.70. The minimum absolute atomic E-state index is 0.00987. The summed E-state index contributed by atoms with van der Waals surface area (Å²) >= 11 is 0. The van der Waals surface area contributed by atoms with E-state index in [9.17, 15) is 24.3 Å². The van der Waals surface area contributed by atoms with Gasteiger partial charge in [0.2, 0.25) is 0 Å². The van der Waals surface area contributed by atoms with Gasteiger partial charge in [0.15, 0.2) is 37.2 Å². The standard InChI is InChI=1S/C71H86O15/c1-41-32-37-71(66(76)77-9)39-38-69(7)48(53(71)42(41)2)30-31-51-68(6)35-34-52(67(4,5)50(68)33-36-70(51,69)8)81-64-54(72)57(56-49(80-64)40-78-63(85-56)47-28-20-13-21-29-47)86-65-59(84-62(75)46-26-18-12-19-27-46)58(83-61(74)45-24-16-11-17-25-45)55(43(3)79-65)82-60(73)44-22-14-10-15-23-44/h10-30,41-43,49-59,63-65,72H,31-40H2,1-9H3/t41-,42+,43+,49-,50+,51-,52+,53+,54-,55+,56-,57-,58-,59-,63?,64+,65+,68+,69-,70-,71+/m1/s1. The minimum Gasteiger partial charge on any atom is -0.469 e. The van der Waals surface area contributed by atoms with Crippen LogP contribution in [0.3, 0.4) is 0 Å². The van der Waals surface area contributed by atoms with Gasteiger partial charge in [0.05, 0.1) is 48.0 Å². The highest BCUT2D eigenvalue weighted by Crippen LogP contribution is 2.76. The zero-order chi connectivity index (χ0) is 60.5. The summed E-state index contributed by atoms with van der Waals surface area (Å²) in [5.74, 6) is -0.664. The Balaban J connectivity index is 0.855. The number of aliphatic hydroxyl groups is 1. The Hall–Kier alpha value is -5.78. The van der Waals surface area contributed by atoms with Crippen LogP contribution in [0.5, 0.6) is 0 Å². The molecule has 0 bridgehead atoms. The third-order valence-corrected chi connectivity index (χ3v) is 23.0. The van der Waals surface area contributed by atoms with Crippen molar-refractivity contribution < 1.29 is 71.7 Å².